The monoisotopic (exact) mass is 452 g/mol. The summed E-state index contributed by atoms with van der Waals surface area (Å²) in [6, 6.07) is 22.0. The number of rotatable bonds is 13. The van der Waals surface area contributed by atoms with Gasteiger partial charge in [-0.3, -0.25) is 0 Å². The van der Waals surface area contributed by atoms with E-state index in [1.807, 2.05) is 0 Å². The largest absolute Gasteiger partial charge is 0.304 e. The zero-order valence-electron chi connectivity index (χ0n) is 19.2. The molecule has 2 nitrogen and oxygen atoms in total. The van der Waals surface area contributed by atoms with E-state index >= 15 is 0 Å². The average molecular weight is 454 g/mol. The smallest absolute Gasteiger partial charge is 0.0671 e. The molecule has 0 radical (unpaired) electrons. The molecule has 30 heavy (non-hydrogen) atoms. The maximum atomic E-state index is 3.80. The Morgan fingerprint density at radius 1 is 0.833 bits per heavy atom. The average Bonchev–Trinajstić information content (AvgIpc) is 2.73. The van der Waals surface area contributed by atoms with Crippen LogP contribution in [0.3, 0.4) is 0 Å². The number of likely N-dealkylation sites (N-methyl/N-ethyl adjacent to an activating group) is 1. The first-order chi connectivity index (χ1) is 13.6. The molecule has 2 atom stereocenters. The van der Waals surface area contributed by atoms with E-state index in [2.05, 4.69) is 99.1 Å². The van der Waals surface area contributed by atoms with E-state index < -0.39 is 0 Å². The summed E-state index contributed by atoms with van der Waals surface area (Å²) < 4.78 is 0. The van der Waals surface area contributed by atoms with Gasteiger partial charge in [0, 0.05) is 5.41 Å². The van der Waals surface area contributed by atoms with Gasteiger partial charge >= 0.3 is 0 Å². The van der Waals surface area contributed by atoms with E-state index in [1.165, 1.54) is 43.2 Å². The van der Waals surface area contributed by atoms with Crippen molar-refractivity contribution in [2.75, 3.05) is 13.6 Å². The SMILES string of the molecule is CCCNC(NC)C(CCCCCc1ccccc1)(c1ccccc1)C(C)C.Cl.Cl. The van der Waals surface area contributed by atoms with E-state index in [-0.39, 0.29) is 36.4 Å². The van der Waals surface area contributed by atoms with Crippen molar-refractivity contribution in [3.63, 3.8) is 0 Å². The third-order valence-electron chi connectivity index (χ3n) is 6.14. The van der Waals surface area contributed by atoms with E-state index in [0.717, 1.165) is 13.0 Å². The fourth-order valence-corrected chi connectivity index (χ4v) is 4.56. The fraction of sp³-hybridized carbons (Fsp3) is 0.538. The summed E-state index contributed by atoms with van der Waals surface area (Å²) >= 11 is 0. The molecule has 2 unspecified atom stereocenters. The summed E-state index contributed by atoms with van der Waals surface area (Å²) in [6.45, 7) is 8.05. The second kappa shape index (κ2) is 15.7. The van der Waals surface area contributed by atoms with Crippen LogP contribution in [0.4, 0.5) is 0 Å². The maximum Gasteiger partial charge on any atom is 0.0671 e. The van der Waals surface area contributed by atoms with Crippen LogP contribution in [0.1, 0.15) is 64.0 Å². The molecule has 170 valence electrons. The van der Waals surface area contributed by atoms with E-state index in [0.29, 0.717) is 5.92 Å². The number of hydrogen-bond donors (Lipinski definition) is 2. The van der Waals surface area contributed by atoms with E-state index in [9.17, 15) is 0 Å². The molecule has 2 aromatic rings. The highest BCUT2D eigenvalue weighted by atomic mass is 35.5. The summed E-state index contributed by atoms with van der Waals surface area (Å²) in [4.78, 5) is 0. The second-order valence-electron chi connectivity index (χ2n) is 8.28. The van der Waals surface area contributed by atoms with Crippen LogP contribution in [-0.4, -0.2) is 19.8 Å². The van der Waals surface area contributed by atoms with Gasteiger partial charge in [-0.2, -0.15) is 0 Å². The molecule has 2 N–H and O–H groups in total. The minimum Gasteiger partial charge on any atom is -0.304 e. The van der Waals surface area contributed by atoms with Crippen molar-refractivity contribution >= 4 is 24.8 Å². The van der Waals surface area contributed by atoms with Crippen LogP contribution in [0.5, 0.6) is 0 Å². The number of unbranched alkanes of at least 4 members (excludes halogenated alkanes) is 2. The number of nitrogens with one attached hydrogen (secondary N) is 2. The Morgan fingerprint density at radius 2 is 1.43 bits per heavy atom. The standard InChI is InChI=1S/C26H40N2.2ClH/c1-5-21-28-25(27-4)26(22(2)3,24-18-12-7-13-19-24)20-14-8-11-17-23-15-9-6-10-16-23;;/h6-7,9-10,12-13,15-16,18-19,22,25,27-28H,5,8,11,14,17,20-21H2,1-4H3;2*1H. The summed E-state index contributed by atoms with van der Waals surface area (Å²) in [5.41, 5.74) is 3.01. The minimum atomic E-state index is 0. The molecule has 4 heteroatoms. The predicted molar refractivity (Wildman–Crippen MR) is 137 cm³/mol. The molecule has 0 bridgehead atoms. The Bertz CT molecular complexity index is 649. The van der Waals surface area contributed by atoms with Crippen LogP contribution in [0.15, 0.2) is 60.7 Å². The molecule has 0 aliphatic heterocycles. The molecule has 0 aliphatic carbocycles. The molecule has 2 rings (SSSR count). The van der Waals surface area contributed by atoms with Gasteiger partial charge in [0.2, 0.25) is 0 Å². The Balaban J connectivity index is 0.00000420. The predicted octanol–water partition coefficient (Wildman–Crippen LogP) is 6.77. The van der Waals surface area contributed by atoms with Gasteiger partial charge in [0.15, 0.2) is 0 Å². The van der Waals surface area contributed by atoms with Gasteiger partial charge in [0.25, 0.3) is 0 Å². The third kappa shape index (κ3) is 7.89. The van der Waals surface area contributed by atoms with Gasteiger partial charge in [-0.25, -0.2) is 0 Å². The lowest BCUT2D eigenvalue weighted by atomic mass is 9.66. The summed E-state index contributed by atoms with van der Waals surface area (Å²) in [5, 5.41) is 7.41. The lowest BCUT2D eigenvalue weighted by Gasteiger charge is -2.45. The van der Waals surface area contributed by atoms with Gasteiger partial charge in [0.1, 0.15) is 0 Å². The first-order valence-corrected chi connectivity index (χ1v) is 11.1. The fourth-order valence-electron chi connectivity index (χ4n) is 4.56. The van der Waals surface area contributed by atoms with Crippen molar-refractivity contribution in [1.29, 1.82) is 0 Å². The molecular formula is C26H42Cl2N2. The molecule has 0 aliphatic rings. The molecule has 0 saturated carbocycles. The summed E-state index contributed by atoms with van der Waals surface area (Å²) in [7, 11) is 2.10. The number of aryl methyl sites for hydroxylation is 1. The van der Waals surface area contributed by atoms with Gasteiger partial charge in [-0.15, -0.1) is 24.8 Å². The minimum absolute atomic E-state index is 0. The van der Waals surface area contributed by atoms with E-state index in [1.54, 1.807) is 0 Å². The number of halogens is 2. The van der Waals surface area contributed by atoms with Gasteiger partial charge in [0.05, 0.1) is 6.17 Å². The topological polar surface area (TPSA) is 24.1 Å². The highest BCUT2D eigenvalue weighted by Crippen LogP contribution is 2.40. The highest BCUT2D eigenvalue weighted by Gasteiger charge is 2.41. The molecule has 0 aromatic heterocycles. The van der Waals surface area contributed by atoms with Gasteiger partial charge in [-0.1, -0.05) is 94.3 Å². The normalized spacial score (nSPS) is 13.8. The van der Waals surface area contributed by atoms with Crippen molar-refractivity contribution in [2.24, 2.45) is 5.92 Å². The number of hydrogen-bond acceptors (Lipinski definition) is 2. The zero-order chi connectivity index (χ0) is 20.2. The molecule has 0 fully saturated rings. The lowest BCUT2D eigenvalue weighted by molar-refractivity contribution is 0.172. The Labute approximate surface area is 197 Å². The van der Waals surface area contributed by atoms with Crippen molar-refractivity contribution < 1.29 is 0 Å². The van der Waals surface area contributed by atoms with Crippen LogP contribution < -0.4 is 10.6 Å². The van der Waals surface area contributed by atoms with E-state index in [4.69, 9.17) is 0 Å². The van der Waals surface area contributed by atoms with Gasteiger partial charge < -0.3 is 10.6 Å². The Morgan fingerprint density at radius 3 is 1.97 bits per heavy atom. The Hall–Kier alpha value is -1.06. The van der Waals surface area contributed by atoms with Crippen LogP contribution in [0.2, 0.25) is 0 Å². The zero-order valence-corrected chi connectivity index (χ0v) is 20.8. The molecule has 0 spiro atoms. The Kier molecular flexibility index (Phi) is 15.1. The quantitative estimate of drug-likeness (QED) is 0.258. The van der Waals surface area contributed by atoms with Gasteiger partial charge in [-0.05, 0) is 56.3 Å². The van der Waals surface area contributed by atoms with Crippen molar-refractivity contribution in [1.82, 2.24) is 10.6 Å². The van der Waals surface area contributed by atoms with Crippen molar-refractivity contribution in [3.8, 4) is 0 Å². The van der Waals surface area contributed by atoms with Crippen LogP contribution in [0, 0.1) is 5.92 Å². The summed E-state index contributed by atoms with van der Waals surface area (Å²) in [6.07, 6.45) is 7.61. The third-order valence-corrected chi connectivity index (χ3v) is 6.14. The van der Waals surface area contributed by atoms with Crippen LogP contribution in [0.25, 0.3) is 0 Å². The van der Waals surface area contributed by atoms with Crippen LogP contribution in [-0.2, 0) is 11.8 Å². The molecular weight excluding hydrogens is 411 g/mol. The maximum absolute atomic E-state index is 3.80. The van der Waals surface area contributed by atoms with Crippen LogP contribution >= 0.6 is 24.8 Å². The van der Waals surface area contributed by atoms with Crippen molar-refractivity contribution in [2.45, 2.75) is 70.9 Å². The molecule has 0 heterocycles. The lowest BCUT2D eigenvalue weighted by Crippen LogP contribution is -2.58. The molecule has 0 saturated heterocycles. The molecule has 2 aromatic carbocycles. The first-order valence-electron chi connectivity index (χ1n) is 11.1. The summed E-state index contributed by atoms with van der Waals surface area (Å²) in [5.74, 6) is 0.547. The first kappa shape index (κ1) is 28.9. The highest BCUT2D eigenvalue weighted by molar-refractivity contribution is 5.85. The second-order valence-corrected chi connectivity index (χ2v) is 8.28. The number of benzene rings is 2. The molecule has 0 amide bonds. The van der Waals surface area contributed by atoms with Crippen molar-refractivity contribution in [3.05, 3.63) is 71.8 Å².